The summed E-state index contributed by atoms with van der Waals surface area (Å²) in [6.07, 6.45) is 1.42. The highest BCUT2D eigenvalue weighted by Crippen LogP contribution is 2.19. The molecule has 0 saturated carbocycles. The summed E-state index contributed by atoms with van der Waals surface area (Å²) >= 11 is 11.9. The quantitative estimate of drug-likeness (QED) is 0.525. The molecule has 2 amide bonds. The van der Waals surface area contributed by atoms with Crippen LogP contribution in [0.1, 0.15) is 29.8 Å². The van der Waals surface area contributed by atoms with E-state index in [1.807, 2.05) is 13.8 Å². The number of methoxy groups -OCH3 is 1. The van der Waals surface area contributed by atoms with Crippen LogP contribution in [-0.2, 0) is 4.79 Å². The van der Waals surface area contributed by atoms with Gasteiger partial charge in [0.1, 0.15) is 11.8 Å². The smallest absolute Gasteiger partial charge is 0.262 e. The summed E-state index contributed by atoms with van der Waals surface area (Å²) in [6, 6.07) is 10.8. The topological polar surface area (TPSA) is 79.8 Å². The van der Waals surface area contributed by atoms with Crippen LogP contribution in [0.2, 0.25) is 10.0 Å². The van der Waals surface area contributed by atoms with Gasteiger partial charge in [-0.1, -0.05) is 43.1 Å². The third-order valence-electron chi connectivity index (χ3n) is 3.93. The van der Waals surface area contributed by atoms with Gasteiger partial charge in [0.25, 0.3) is 11.8 Å². The zero-order valence-corrected chi connectivity index (χ0v) is 17.2. The summed E-state index contributed by atoms with van der Waals surface area (Å²) in [7, 11) is 1.55. The molecule has 148 valence electrons. The summed E-state index contributed by atoms with van der Waals surface area (Å²) in [6.45, 7) is 3.66. The number of hydrazone groups is 1. The van der Waals surface area contributed by atoms with Crippen LogP contribution < -0.4 is 15.5 Å². The highest BCUT2D eigenvalue weighted by atomic mass is 35.5. The Bertz CT molecular complexity index is 867. The number of carbonyl (C=O) groups excluding carboxylic acids is 2. The van der Waals surface area contributed by atoms with Crippen molar-refractivity contribution in [3.63, 3.8) is 0 Å². The first-order valence-electron chi connectivity index (χ1n) is 8.54. The van der Waals surface area contributed by atoms with Crippen LogP contribution in [0, 0.1) is 5.92 Å². The fourth-order valence-corrected chi connectivity index (χ4v) is 2.80. The van der Waals surface area contributed by atoms with Crippen LogP contribution >= 0.6 is 23.2 Å². The molecule has 0 fully saturated rings. The molecule has 0 spiro atoms. The van der Waals surface area contributed by atoms with Crippen LogP contribution in [0.15, 0.2) is 47.6 Å². The lowest BCUT2D eigenvalue weighted by atomic mass is 10.0. The Morgan fingerprint density at radius 1 is 1.11 bits per heavy atom. The molecule has 8 heteroatoms. The highest BCUT2D eigenvalue weighted by molar-refractivity contribution is 6.36. The molecule has 0 saturated heterocycles. The largest absolute Gasteiger partial charge is 0.497 e. The molecule has 2 rings (SSSR count). The number of halogens is 2. The van der Waals surface area contributed by atoms with Crippen molar-refractivity contribution < 1.29 is 14.3 Å². The van der Waals surface area contributed by atoms with Crippen LogP contribution in [0.25, 0.3) is 0 Å². The Morgan fingerprint density at radius 3 is 2.36 bits per heavy atom. The first kappa shape index (κ1) is 21.7. The van der Waals surface area contributed by atoms with Crippen molar-refractivity contribution >= 4 is 41.2 Å². The Morgan fingerprint density at radius 2 is 1.79 bits per heavy atom. The summed E-state index contributed by atoms with van der Waals surface area (Å²) in [5.74, 6) is -0.291. The van der Waals surface area contributed by atoms with Crippen molar-refractivity contribution in [3.05, 3.63) is 63.6 Å². The number of hydrogen-bond acceptors (Lipinski definition) is 4. The molecule has 1 unspecified atom stereocenters. The lowest BCUT2D eigenvalue weighted by molar-refractivity contribution is -0.123. The van der Waals surface area contributed by atoms with Crippen molar-refractivity contribution in [1.82, 2.24) is 10.7 Å². The monoisotopic (exact) mass is 421 g/mol. The molecule has 0 aliphatic heterocycles. The average molecular weight is 422 g/mol. The van der Waals surface area contributed by atoms with Crippen molar-refractivity contribution in [2.45, 2.75) is 19.9 Å². The molecule has 0 bridgehead atoms. The van der Waals surface area contributed by atoms with E-state index in [1.165, 1.54) is 6.21 Å². The Balaban J connectivity index is 2.02. The van der Waals surface area contributed by atoms with Crippen molar-refractivity contribution in [2.24, 2.45) is 11.0 Å². The zero-order valence-electron chi connectivity index (χ0n) is 15.7. The Labute approximate surface area is 173 Å². The molecule has 0 aliphatic carbocycles. The van der Waals surface area contributed by atoms with Crippen LogP contribution in [-0.4, -0.2) is 31.2 Å². The van der Waals surface area contributed by atoms with Gasteiger partial charge in [-0.05, 0) is 42.3 Å². The number of nitrogens with zero attached hydrogens (tertiary/aromatic N) is 1. The minimum Gasteiger partial charge on any atom is -0.497 e. The fourth-order valence-electron chi connectivity index (χ4n) is 2.34. The van der Waals surface area contributed by atoms with Gasteiger partial charge < -0.3 is 10.1 Å². The van der Waals surface area contributed by atoms with Gasteiger partial charge in [0, 0.05) is 16.1 Å². The molecule has 0 aromatic heterocycles. The minimum absolute atomic E-state index is 0.142. The summed E-state index contributed by atoms with van der Waals surface area (Å²) < 4.78 is 5.07. The summed E-state index contributed by atoms with van der Waals surface area (Å²) in [4.78, 5) is 24.9. The van der Waals surface area contributed by atoms with Gasteiger partial charge in [0.2, 0.25) is 0 Å². The van der Waals surface area contributed by atoms with E-state index >= 15 is 0 Å². The van der Waals surface area contributed by atoms with Gasteiger partial charge in [-0.3, -0.25) is 9.59 Å². The molecule has 0 radical (unpaired) electrons. The number of ether oxygens (including phenoxy) is 1. The maximum absolute atomic E-state index is 12.5. The van der Waals surface area contributed by atoms with E-state index in [0.29, 0.717) is 26.9 Å². The molecule has 0 aliphatic rings. The lowest BCUT2D eigenvalue weighted by Crippen LogP contribution is -2.48. The molecular formula is C20H21Cl2N3O3. The number of benzene rings is 2. The second-order valence-electron chi connectivity index (χ2n) is 6.32. The number of nitrogens with one attached hydrogen (secondary N) is 2. The molecule has 6 nitrogen and oxygen atoms in total. The van der Waals surface area contributed by atoms with E-state index in [-0.39, 0.29) is 11.8 Å². The van der Waals surface area contributed by atoms with Crippen molar-refractivity contribution in [2.75, 3.05) is 7.11 Å². The summed E-state index contributed by atoms with van der Waals surface area (Å²) in [5, 5.41) is 7.57. The first-order chi connectivity index (χ1) is 13.3. The fraction of sp³-hybridized carbons (Fsp3) is 0.250. The van der Waals surface area contributed by atoms with E-state index in [1.54, 1.807) is 49.6 Å². The van der Waals surface area contributed by atoms with Gasteiger partial charge in [-0.25, -0.2) is 5.43 Å². The number of hydrogen-bond donors (Lipinski definition) is 2. The van der Waals surface area contributed by atoms with Gasteiger partial charge in [-0.2, -0.15) is 5.10 Å². The van der Waals surface area contributed by atoms with Crippen molar-refractivity contribution in [1.29, 1.82) is 0 Å². The predicted molar refractivity (Wildman–Crippen MR) is 111 cm³/mol. The molecule has 0 heterocycles. The van der Waals surface area contributed by atoms with E-state index in [9.17, 15) is 9.59 Å². The third-order valence-corrected chi connectivity index (χ3v) is 4.49. The zero-order chi connectivity index (χ0) is 20.7. The first-order valence-corrected chi connectivity index (χ1v) is 9.30. The number of rotatable bonds is 7. The number of amides is 2. The minimum atomic E-state index is -0.757. The molecule has 2 N–H and O–H groups in total. The van der Waals surface area contributed by atoms with Crippen LogP contribution in [0.4, 0.5) is 0 Å². The summed E-state index contributed by atoms with van der Waals surface area (Å²) in [5.41, 5.74) is 3.47. The average Bonchev–Trinajstić information content (AvgIpc) is 2.67. The van der Waals surface area contributed by atoms with Crippen LogP contribution in [0.5, 0.6) is 5.75 Å². The van der Waals surface area contributed by atoms with Crippen molar-refractivity contribution in [3.8, 4) is 5.75 Å². The van der Waals surface area contributed by atoms with E-state index in [2.05, 4.69) is 15.8 Å². The third kappa shape index (κ3) is 5.97. The highest BCUT2D eigenvalue weighted by Gasteiger charge is 2.24. The maximum atomic E-state index is 12.5. The van der Waals surface area contributed by atoms with Gasteiger partial charge in [-0.15, -0.1) is 0 Å². The van der Waals surface area contributed by atoms with Crippen LogP contribution in [0.3, 0.4) is 0 Å². The van der Waals surface area contributed by atoms with Gasteiger partial charge in [0.05, 0.1) is 18.3 Å². The Kier molecular flexibility index (Phi) is 7.84. The van der Waals surface area contributed by atoms with Gasteiger partial charge >= 0.3 is 0 Å². The molecule has 1 atom stereocenters. The second kappa shape index (κ2) is 10.1. The molecule has 2 aromatic rings. The standard InChI is InChI=1S/C20H21Cl2N3O3/c1-12(2)18(24-19(26)13-5-8-16(28-3)9-6-13)20(27)25-23-11-14-4-7-15(21)10-17(14)22/h4-12,18H,1-3H3,(H,24,26)(H,25,27). The second-order valence-corrected chi connectivity index (χ2v) is 7.17. The molecule has 28 heavy (non-hydrogen) atoms. The lowest BCUT2D eigenvalue weighted by Gasteiger charge is -2.20. The predicted octanol–water partition coefficient (Wildman–Crippen LogP) is 3.91. The maximum Gasteiger partial charge on any atom is 0.262 e. The SMILES string of the molecule is COc1ccc(C(=O)NC(C(=O)NN=Cc2ccc(Cl)cc2Cl)C(C)C)cc1. The normalized spacial score (nSPS) is 12.1. The number of carbonyl (C=O) groups is 2. The van der Waals surface area contributed by atoms with E-state index in [4.69, 9.17) is 27.9 Å². The molecule has 2 aromatic carbocycles. The van der Waals surface area contributed by atoms with E-state index < -0.39 is 11.9 Å². The van der Waals surface area contributed by atoms with Gasteiger partial charge in [0.15, 0.2) is 0 Å². The Hall–Kier alpha value is -2.57. The van der Waals surface area contributed by atoms with E-state index in [0.717, 1.165) is 0 Å². The molecular weight excluding hydrogens is 401 g/mol.